The number of rotatable bonds is 6. The normalized spacial score (nSPS) is 15.4. The minimum Gasteiger partial charge on any atom is -0.349 e. The van der Waals surface area contributed by atoms with Crippen molar-refractivity contribution in [3.8, 4) is 6.07 Å². The Labute approximate surface area is 196 Å². The SMILES string of the molecule is CCCn1c(C)cc(/C=C(\C#N)C(=O)N2CCN(S(=O)(=O)c3ccc(F)c(F)c3F)CC2)c1C. The van der Waals surface area contributed by atoms with Crippen LogP contribution in [0.1, 0.15) is 30.3 Å². The summed E-state index contributed by atoms with van der Waals surface area (Å²) in [7, 11) is -4.44. The molecule has 1 aromatic heterocycles. The van der Waals surface area contributed by atoms with Gasteiger partial charge in [0.05, 0.1) is 0 Å². The van der Waals surface area contributed by atoms with E-state index >= 15 is 0 Å². The molecule has 1 saturated heterocycles. The van der Waals surface area contributed by atoms with Crippen molar-refractivity contribution in [1.82, 2.24) is 13.8 Å². The highest BCUT2D eigenvalue weighted by Gasteiger charge is 2.34. The molecule has 0 unspecified atom stereocenters. The highest BCUT2D eigenvalue weighted by atomic mass is 32.2. The van der Waals surface area contributed by atoms with Crippen LogP contribution in [0.4, 0.5) is 13.2 Å². The largest absolute Gasteiger partial charge is 0.349 e. The van der Waals surface area contributed by atoms with E-state index in [-0.39, 0.29) is 31.8 Å². The smallest absolute Gasteiger partial charge is 0.264 e. The van der Waals surface area contributed by atoms with Crippen molar-refractivity contribution in [2.75, 3.05) is 26.2 Å². The fraction of sp³-hybridized carbons (Fsp3) is 0.391. The standard InChI is InChI=1S/C23H25F3N4O3S/c1-4-7-30-15(2)12-17(16(30)3)13-18(14-27)23(31)28-8-10-29(11-9-28)34(32,33)20-6-5-19(24)21(25)22(20)26/h5-6,12-13H,4,7-11H2,1-3H3/b18-13+. The van der Waals surface area contributed by atoms with Crippen molar-refractivity contribution in [2.24, 2.45) is 0 Å². The van der Waals surface area contributed by atoms with Crippen molar-refractivity contribution >= 4 is 22.0 Å². The molecule has 11 heteroatoms. The number of aryl methyl sites for hydroxylation is 1. The molecule has 2 aromatic rings. The number of aromatic nitrogens is 1. The lowest BCUT2D eigenvalue weighted by molar-refractivity contribution is -0.127. The third-order valence-electron chi connectivity index (χ3n) is 5.85. The van der Waals surface area contributed by atoms with Gasteiger partial charge in [-0.3, -0.25) is 4.79 Å². The number of nitrogens with zero attached hydrogens (tertiary/aromatic N) is 4. The van der Waals surface area contributed by atoms with E-state index in [4.69, 9.17) is 0 Å². The van der Waals surface area contributed by atoms with Crippen LogP contribution in [-0.4, -0.2) is 54.3 Å². The maximum absolute atomic E-state index is 14.1. The summed E-state index contributed by atoms with van der Waals surface area (Å²) in [5, 5.41) is 9.58. The van der Waals surface area contributed by atoms with Gasteiger partial charge in [-0.25, -0.2) is 21.6 Å². The van der Waals surface area contributed by atoms with Crippen LogP contribution in [0.3, 0.4) is 0 Å². The molecule has 3 rings (SSSR count). The van der Waals surface area contributed by atoms with Gasteiger partial charge >= 0.3 is 0 Å². The average Bonchev–Trinajstić information content (AvgIpc) is 3.08. The van der Waals surface area contributed by atoms with Crippen LogP contribution in [0.5, 0.6) is 0 Å². The number of sulfonamides is 1. The van der Waals surface area contributed by atoms with Gasteiger partial charge in [0.2, 0.25) is 10.0 Å². The number of carbonyl (C=O) groups is 1. The van der Waals surface area contributed by atoms with Gasteiger partial charge in [0.25, 0.3) is 5.91 Å². The quantitative estimate of drug-likeness (QED) is 0.350. The van der Waals surface area contributed by atoms with Gasteiger partial charge in [0, 0.05) is 44.1 Å². The van der Waals surface area contributed by atoms with Crippen LogP contribution >= 0.6 is 0 Å². The number of hydrogen-bond acceptors (Lipinski definition) is 4. The van der Waals surface area contributed by atoms with Gasteiger partial charge < -0.3 is 9.47 Å². The molecule has 1 fully saturated rings. The molecule has 0 spiro atoms. The number of piperazine rings is 1. The van der Waals surface area contributed by atoms with Crippen LogP contribution < -0.4 is 0 Å². The lowest BCUT2D eigenvalue weighted by Gasteiger charge is -2.33. The van der Waals surface area contributed by atoms with Gasteiger partial charge in [-0.05, 0) is 50.1 Å². The summed E-state index contributed by atoms with van der Waals surface area (Å²) in [5.74, 6) is -5.68. The van der Waals surface area contributed by atoms with Crippen molar-refractivity contribution in [1.29, 1.82) is 5.26 Å². The summed E-state index contributed by atoms with van der Waals surface area (Å²) in [4.78, 5) is 13.3. The van der Waals surface area contributed by atoms with Gasteiger partial charge in [0.15, 0.2) is 17.5 Å². The second-order valence-corrected chi connectivity index (χ2v) is 9.92. The molecule has 0 saturated carbocycles. The summed E-state index contributed by atoms with van der Waals surface area (Å²) in [5.41, 5.74) is 2.62. The van der Waals surface area contributed by atoms with E-state index in [0.29, 0.717) is 12.1 Å². The Hall–Kier alpha value is -3.10. The van der Waals surface area contributed by atoms with Crippen LogP contribution in [0.15, 0.2) is 28.7 Å². The molecule has 34 heavy (non-hydrogen) atoms. The number of hydrogen-bond donors (Lipinski definition) is 0. The number of halogens is 3. The van der Waals surface area contributed by atoms with Gasteiger partial charge in [0.1, 0.15) is 16.5 Å². The Morgan fingerprint density at radius 1 is 1.12 bits per heavy atom. The molecule has 0 N–H and O–H groups in total. The first-order valence-electron chi connectivity index (χ1n) is 10.7. The zero-order valence-corrected chi connectivity index (χ0v) is 19.9. The van der Waals surface area contributed by atoms with E-state index < -0.39 is 38.3 Å². The van der Waals surface area contributed by atoms with Gasteiger partial charge in [-0.2, -0.15) is 9.57 Å². The molecule has 1 aliphatic rings. The average molecular weight is 495 g/mol. The van der Waals surface area contributed by atoms with Crippen LogP contribution in [0.2, 0.25) is 0 Å². The maximum atomic E-state index is 14.1. The molecule has 1 amide bonds. The number of benzene rings is 1. The molecule has 0 aliphatic carbocycles. The molecule has 182 valence electrons. The molecule has 7 nitrogen and oxygen atoms in total. The van der Waals surface area contributed by atoms with Crippen molar-refractivity contribution in [3.63, 3.8) is 0 Å². The van der Waals surface area contributed by atoms with Crippen molar-refractivity contribution < 1.29 is 26.4 Å². The van der Waals surface area contributed by atoms with Gasteiger partial charge in [-0.15, -0.1) is 0 Å². The summed E-state index contributed by atoms with van der Waals surface area (Å²) in [6.07, 6.45) is 2.46. The van der Waals surface area contributed by atoms with E-state index in [2.05, 4.69) is 11.5 Å². The summed E-state index contributed by atoms with van der Waals surface area (Å²) < 4.78 is 69.2. The number of nitriles is 1. The second-order valence-electron chi connectivity index (χ2n) is 8.02. The zero-order chi connectivity index (χ0) is 25.2. The fourth-order valence-electron chi connectivity index (χ4n) is 3.99. The lowest BCUT2D eigenvalue weighted by atomic mass is 10.1. The molecule has 1 aliphatic heterocycles. The maximum Gasteiger partial charge on any atom is 0.264 e. The molecule has 1 aromatic carbocycles. The predicted molar refractivity (Wildman–Crippen MR) is 119 cm³/mol. The Morgan fingerprint density at radius 3 is 2.35 bits per heavy atom. The molecule has 0 radical (unpaired) electrons. The summed E-state index contributed by atoms with van der Waals surface area (Å²) in [6, 6.07) is 5.04. The predicted octanol–water partition coefficient (Wildman–Crippen LogP) is 3.37. The molecule has 0 atom stereocenters. The summed E-state index contributed by atoms with van der Waals surface area (Å²) in [6.45, 7) is 6.27. The molecule has 0 bridgehead atoms. The topological polar surface area (TPSA) is 86.4 Å². The van der Waals surface area contributed by atoms with Crippen molar-refractivity contribution in [2.45, 2.75) is 38.6 Å². The zero-order valence-electron chi connectivity index (χ0n) is 19.1. The first kappa shape index (κ1) is 25.5. The Bertz CT molecular complexity index is 1290. The van der Waals surface area contributed by atoms with Crippen molar-refractivity contribution in [3.05, 3.63) is 58.2 Å². The van der Waals surface area contributed by atoms with E-state index in [1.54, 1.807) is 0 Å². The van der Waals surface area contributed by atoms with Crippen LogP contribution in [-0.2, 0) is 21.4 Å². The number of carbonyl (C=O) groups excluding carboxylic acids is 1. The van der Waals surface area contributed by atoms with Gasteiger partial charge in [-0.1, -0.05) is 6.92 Å². The second kappa shape index (κ2) is 10.0. The molecule has 2 heterocycles. The third-order valence-corrected chi connectivity index (χ3v) is 7.77. The summed E-state index contributed by atoms with van der Waals surface area (Å²) >= 11 is 0. The highest BCUT2D eigenvalue weighted by molar-refractivity contribution is 7.89. The number of amides is 1. The lowest BCUT2D eigenvalue weighted by Crippen LogP contribution is -2.50. The first-order chi connectivity index (χ1) is 16.0. The highest BCUT2D eigenvalue weighted by Crippen LogP contribution is 2.25. The molecular weight excluding hydrogens is 469 g/mol. The monoisotopic (exact) mass is 494 g/mol. The minimum atomic E-state index is -4.44. The van der Waals surface area contributed by atoms with E-state index in [9.17, 15) is 31.6 Å². The van der Waals surface area contributed by atoms with E-state index in [1.165, 1.54) is 11.0 Å². The fourth-order valence-corrected chi connectivity index (χ4v) is 5.47. The third kappa shape index (κ3) is 4.74. The first-order valence-corrected chi connectivity index (χ1v) is 12.2. The van der Waals surface area contributed by atoms with E-state index in [1.807, 2.05) is 26.0 Å². The van der Waals surface area contributed by atoms with Crippen LogP contribution in [0, 0.1) is 42.6 Å². The Morgan fingerprint density at radius 2 is 1.76 bits per heavy atom. The van der Waals surface area contributed by atoms with E-state index in [0.717, 1.165) is 34.2 Å². The van der Waals surface area contributed by atoms with Crippen LogP contribution in [0.25, 0.3) is 6.08 Å². The Kier molecular flexibility index (Phi) is 7.53. The molecular formula is C23H25F3N4O3S. The minimum absolute atomic E-state index is 0.0444. The Balaban J connectivity index is 1.76.